The lowest BCUT2D eigenvalue weighted by atomic mass is 10.2. The van der Waals surface area contributed by atoms with E-state index in [0.717, 1.165) is 17.0 Å². The van der Waals surface area contributed by atoms with Gasteiger partial charge in [0.15, 0.2) is 17.5 Å². The van der Waals surface area contributed by atoms with Crippen LogP contribution in [0.25, 0.3) is 0 Å². The van der Waals surface area contributed by atoms with Crippen LogP contribution in [-0.4, -0.2) is 38.5 Å². The number of aliphatic hydroxyl groups excluding tert-OH is 1. The minimum absolute atomic E-state index is 0.0528. The van der Waals surface area contributed by atoms with Gasteiger partial charge in [-0.1, -0.05) is 6.07 Å². The highest BCUT2D eigenvalue weighted by molar-refractivity contribution is 5.92. The van der Waals surface area contributed by atoms with Crippen LogP contribution in [-0.2, 0) is 6.54 Å². The number of nitrogens with one attached hydrogen (secondary N) is 1. The van der Waals surface area contributed by atoms with Crippen molar-refractivity contribution in [3.05, 3.63) is 48.0 Å². The molecule has 2 aromatic carbocycles. The Morgan fingerprint density at radius 2 is 1.84 bits per heavy atom. The van der Waals surface area contributed by atoms with Gasteiger partial charge in [-0.2, -0.15) is 0 Å². The van der Waals surface area contributed by atoms with Crippen LogP contribution < -0.4 is 25.3 Å². The van der Waals surface area contributed by atoms with Gasteiger partial charge in [0, 0.05) is 5.69 Å². The van der Waals surface area contributed by atoms with Crippen molar-refractivity contribution < 1.29 is 19.3 Å². The van der Waals surface area contributed by atoms with Gasteiger partial charge in [0.05, 0.1) is 27.4 Å². The molecule has 0 unspecified atom stereocenters. The van der Waals surface area contributed by atoms with Crippen molar-refractivity contribution in [2.45, 2.75) is 6.54 Å². The summed E-state index contributed by atoms with van der Waals surface area (Å²) in [6.45, 7) is 0.557. The van der Waals surface area contributed by atoms with E-state index in [0.29, 0.717) is 24.0 Å². The Kier molecular flexibility index (Phi) is 6.91. The second-order valence-corrected chi connectivity index (χ2v) is 5.11. The normalized spacial score (nSPS) is 11.1. The fourth-order valence-corrected chi connectivity index (χ4v) is 2.12. The van der Waals surface area contributed by atoms with Gasteiger partial charge in [-0.05, 0) is 42.0 Å². The monoisotopic (exact) mass is 345 g/mol. The molecule has 0 radical (unpaired) electrons. The van der Waals surface area contributed by atoms with Gasteiger partial charge in [-0.3, -0.25) is 0 Å². The van der Waals surface area contributed by atoms with Crippen LogP contribution in [0, 0.1) is 0 Å². The zero-order chi connectivity index (χ0) is 18.1. The number of rotatable bonds is 8. The molecule has 2 aromatic rings. The molecule has 25 heavy (non-hydrogen) atoms. The lowest BCUT2D eigenvalue weighted by molar-refractivity contribution is 0.196. The van der Waals surface area contributed by atoms with Crippen LogP contribution in [0.2, 0.25) is 0 Å². The van der Waals surface area contributed by atoms with E-state index in [1.54, 1.807) is 20.3 Å². The first-order chi connectivity index (χ1) is 12.2. The highest BCUT2D eigenvalue weighted by Crippen LogP contribution is 2.28. The summed E-state index contributed by atoms with van der Waals surface area (Å²) in [6, 6.07) is 12.9. The van der Waals surface area contributed by atoms with Crippen molar-refractivity contribution >= 4 is 11.6 Å². The minimum Gasteiger partial charge on any atom is -0.497 e. The van der Waals surface area contributed by atoms with Gasteiger partial charge in [0.1, 0.15) is 12.4 Å². The molecule has 4 N–H and O–H groups in total. The summed E-state index contributed by atoms with van der Waals surface area (Å²) in [5.41, 5.74) is 7.66. The second-order valence-electron chi connectivity index (χ2n) is 5.11. The molecule has 0 atom stereocenters. The fourth-order valence-electron chi connectivity index (χ4n) is 2.12. The lowest BCUT2D eigenvalue weighted by Gasteiger charge is -2.11. The van der Waals surface area contributed by atoms with Crippen molar-refractivity contribution in [2.24, 2.45) is 10.7 Å². The van der Waals surface area contributed by atoms with Gasteiger partial charge >= 0.3 is 0 Å². The molecule has 0 bridgehead atoms. The van der Waals surface area contributed by atoms with E-state index in [1.165, 1.54) is 0 Å². The van der Waals surface area contributed by atoms with Gasteiger partial charge < -0.3 is 30.4 Å². The van der Waals surface area contributed by atoms with E-state index in [4.69, 9.17) is 25.1 Å². The third kappa shape index (κ3) is 5.58. The van der Waals surface area contributed by atoms with Crippen molar-refractivity contribution in [3.63, 3.8) is 0 Å². The Morgan fingerprint density at radius 1 is 1.08 bits per heavy atom. The number of ether oxygens (including phenoxy) is 3. The minimum atomic E-state index is -0.0528. The standard InChI is InChI=1S/C18H23N3O4/c1-23-15-6-4-14(5-7-15)21-18(19)20-12-13-3-8-16(25-10-9-22)17(11-13)24-2/h3-8,11,22H,9-10,12H2,1-2H3,(H3,19,20,21). The summed E-state index contributed by atoms with van der Waals surface area (Å²) in [5, 5.41) is 11.8. The quantitative estimate of drug-likeness (QED) is 0.500. The average molecular weight is 345 g/mol. The SMILES string of the molecule is COc1ccc(NC(N)=NCc2ccc(OCCO)c(OC)c2)cc1. The van der Waals surface area contributed by atoms with Crippen LogP contribution in [0.1, 0.15) is 5.56 Å². The van der Waals surface area contributed by atoms with Gasteiger partial charge in [0.25, 0.3) is 0 Å². The summed E-state index contributed by atoms with van der Waals surface area (Å²) >= 11 is 0. The number of hydrogen-bond acceptors (Lipinski definition) is 5. The number of aliphatic imine (C=N–C) groups is 1. The molecule has 0 saturated carbocycles. The number of nitrogens with two attached hydrogens (primary N) is 1. The average Bonchev–Trinajstić information content (AvgIpc) is 2.65. The summed E-state index contributed by atoms with van der Waals surface area (Å²) in [7, 11) is 3.18. The maximum Gasteiger partial charge on any atom is 0.193 e. The molecule has 0 aliphatic carbocycles. The Bertz CT molecular complexity index is 702. The predicted molar refractivity (Wildman–Crippen MR) is 97.5 cm³/mol. The van der Waals surface area contributed by atoms with E-state index in [-0.39, 0.29) is 13.2 Å². The second kappa shape index (κ2) is 9.39. The predicted octanol–water partition coefficient (Wildman–Crippen LogP) is 2.00. The fraction of sp³-hybridized carbons (Fsp3) is 0.278. The Labute approximate surface area is 147 Å². The Hall–Kier alpha value is -2.93. The molecule has 0 amide bonds. The van der Waals surface area contributed by atoms with E-state index in [2.05, 4.69) is 10.3 Å². The molecule has 2 rings (SSSR count). The largest absolute Gasteiger partial charge is 0.497 e. The van der Waals surface area contributed by atoms with E-state index < -0.39 is 0 Å². The number of aliphatic hydroxyl groups is 1. The van der Waals surface area contributed by atoms with Gasteiger partial charge in [-0.25, -0.2) is 4.99 Å². The van der Waals surface area contributed by atoms with Crippen LogP contribution in [0.5, 0.6) is 17.2 Å². The van der Waals surface area contributed by atoms with Gasteiger partial charge in [-0.15, -0.1) is 0 Å². The number of benzene rings is 2. The molecule has 0 saturated heterocycles. The Morgan fingerprint density at radius 3 is 2.48 bits per heavy atom. The molecule has 0 spiro atoms. The number of hydrogen-bond donors (Lipinski definition) is 3. The van der Waals surface area contributed by atoms with Crippen molar-refractivity contribution in [1.29, 1.82) is 0 Å². The summed E-state index contributed by atoms with van der Waals surface area (Å²) < 4.78 is 15.8. The zero-order valence-electron chi connectivity index (χ0n) is 14.4. The molecule has 7 heteroatoms. The van der Waals surface area contributed by atoms with Crippen LogP contribution in [0.15, 0.2) is 47.5 Å². The number of anilines is 1. The highest BCUT2D eigenvalue weighted by Gasteiger charge is 2.06. The molecule has 7 nitrogen and oxygen atoms in total. The van der Waals surface area contributed by atoms with Crippen LogP contribution in [0.4, 0.5) is 5.69 Å². The Balaban J connectivity index is 1.99. The smallest absolute Gasteiger partial charge is 0.193 e. The first-order valence-corrected chi connectivity index (χ1v) is 7.78. The molecular formula is C18H23N3O4. The first-order valence-electron chi connectivity index (χ1n) is 7.78. The van der Waals surface area contributed by atoms with E-state index >= 15 is 0 Å². The molecular weight excluding hydrogens is 322 g/mol. The topological polar surface area (TPSA) is 98.3 Å². The number of nitrogens with zero attached hydrogens (tertiary/aromatic N) is 1. The molecule has 0 aliphatic rings. The molecule has 0 aromatic heterocycles. The van der Waals surface area contributed by atoms with E-state index in [1.807, 2.05) is 36.4 Å². The zero-order valence-corrected chi connectivity index (χ0v) is 14.4. The van der Waals surface area contributed by atoms with Crippen LogP contribution >= 0.6 is 0 Å². The van der Waals surface area contributed by atoms with Crippen LogP contribution in [0.3, 0.4) is 0 Å². The summed E-state index contributed by atoms with van der Waals surface area (Å²) in [4.78, 5) is 4.32. The third-order valence-corrected chi connectivity index (χ3v) is 3.37. The maximum absolute atomic E-state index is 8.83. The van der Waals surface area contributed by atoms with Crippen molar-refractivity contribution in [1.82, 2.24) is 0 Å². The molecule has 0 aliphatic heterocycles. The lowest BCUT2D eigenvalue weighted by Crippen LogP contribution is -2.22. The van der Waals surface area contributed by atoms with Crippen molar-refractivity contribution in [3.8, 4) is 17.2 Å². The van der Waals surface area contributed by atoms with Gasteiger partial charge in [0.2, 0.25) is 0 Å². The number of guanidine groups is 1. The molecule has 0 fully saturated rings. The summed E-state index contributed by atoms with van der Waals surface area (Å²) in [6.07, 6.45) is 0. The van der Waals surface area contributed by atoms with Crippen molar-refractivity contribution in [2.75, 3.05) is 32.8 Å². The third-order valence-electron chi connectivity index (χ3n) is 3.37. The van der Waals surface area contributed by atoms with E-state index in [9.17, 15) is 0 Å². The number of methoxy groups -OCH3 is 2. The molecule has 134 valence electrons. The first kappa shape index (κ1) is 18.4. The highest BCUT2D eigenvalue weighted by atomic mass is 16.5. The summed E-state index contributed by atoms with van der Waals surface area (Å²) in [5.74, 6) is 2.25. The molecule has 0 heterocycles. The maximum atomic E-state index is 8.83.